The molecule has 0 aliphatic carbocycles. The maximum absolute atomic E-state index is 11.7. The van der Waals surface area contributed by atoms with Crippen molar-refractivity contribution in [1.29, 1.82) is 0 Å². The van der Waals surface area contributed by atoms with E-state index in [9.17, 15) is 9.59 Å². The molecule has 2 aromatic rings. The van der Waals surface area contributed by atoms with Gasteiger partial charge in [0.25, 0.3) is 0 Å². The standard InChI is InChI=1S/C17H17ClN2O2/c18-15-9-5-4-8-14(15)11-19-17(22)12-20-16(21)10-13-6-2-1-3-7-13/h1-9H,10-12H2,(H,19,22)(H,20,21). The van der Waals surface area contributed by atoms with Gasteiger partial charge >= 0.3 is 0 Å². The molecule has 0 radical (unpaired) electrons. The first kappa shape index (κ1) is 16.0. The summed E-state index contributed by atoms with van der Waals surface area (Å²) in [5, 5.41) is 5.93. The van der Waals surface area contributed by atoms with E-state index >= 15 is 0 Å². The molecule has 114 valence electrons. The number of halogens is 1. The Morgan fingerprint density at radius 1 is 0.864 bits per heavy atom. The maximum atomic E-state index is 11.7. The molecule has 0 spiro atoms. The van der Waals surface area contributed by atoms with Crippen LogP contribution >= 0.6 is 11.6 Å². The first-order valence-electron chi connectivity index (χ1n) is 6.96. The fourth-order valence-electron chi connectivity index (χ4n) is 1.92. The van der Waals surface area contributed by atoms with E-state index in [1.807, 2.05) is 48.5 Å². The van der Waals surface area contributed by atoms with Crippen molar-refractivity contribution in [1.82, 2.24) is 10.6 Å². The van der Waals surface area contributed by atoms with Gasteiger partial charge in [0.2, 0.25) is 11.8 Å². The summed E-state index contributed by atoms with van der Waals surface area (Å²) in [6, 6.07) is 16.7. The van der Waals surface area contributed by atoms with Gasteiger partial charge in [-0.05, 0) is 17.2 Å². The van der Waals surface area contributed by atoms with Crippen LogP contribution in [0.15, 0.2) is 54.6 Å². The number of hydrogen-bond donors (Lipinski definition) is 2. The molecule has 2 rings (SSSR count). The molecule has 0 fully saturated rings. The molecule has 0 unspecified atom stereocenters. The summed E-state index contributed by atoms with van der Waals surface area (Å²) >= 11 is 6.00. The lowest BCUT2D eigenvalue weighted by molar-refractivity contribution is -0.125. The zero-order valence-electron chi connectivity index (χ0n) is 12.0. The third-order valence-corrected chi connectivity index (χ3v) is 3.46. The van der Waals surface area contributed by atoms with Crippen molar-refractivity contribution in [3.05, 3.63) is 70.7 Å². The van der Waals surface area contributed by atoms with Crippen LogP contribution in [0.3, 0.4) is 0 Å². The third-order valence-electron chi connectivity index (χ3n) is 3.09. The van der Waals surface area contributed by atoms with Gasteiger partial charge in [-0.25, -0.2) is 0 Å². The average molecular weight is 317 g/mol. The van der Waals surface area contributed by atoms with Crippen LogP contribution in [0.25, 0.3) is 0 Å². The van der Waals surface area contributed by atoms with Gasteiger partial charge in [-0.1, -0.05) is 60.1 Å². The second-order valence-electron chi connectivity index (χ2n) is 4.81. The van der Waals surface area contributed by atoms with E-state index in [1.54, 1.807) is 6.07 Å². The molecule has 0 heterocycles. The lowest BCUT2D eigenvalue weighted by atomic mass is 10.1. The summed E-state index contributed by atoms with van der Waals surface area (Å²) in [7, 11) is 0. The van der Waals surface area contributed by atoms with Crippen molar-refractivity contribution in [2.24, 2.45) is 0 Å². The van der Waals surface area contributed by atoms with Crippen LogP contribution in [0, 0.1) is 0 Å². The van der Waals surface area contributed by atoms with Crippen molar-refractivity contribution in [3.8, 4) is 0 Å². The maximum Gasteiger partial charge on any atom is 0.239 e. The van der Waals surface area contributed by atoms with E-state index in [0.29, 0.717) is 11.6 Å². The van der Waals surface area contributed by atoms with Gasteiger partial charge in [-0.3, -0.25) is 9.59 Å². The molecule has 2 amide bonds. The Morgan fingerprint density at radius 3 is 2.27 bits per heavy atom. The summed E-state index contributed by atoms with van der Waals surface area (Å²) < 4.78 is 0. The van der Waals surface area contributed by atoms with Gasteiger partial charge in [0, 0.05) is 11.6 Å². The van der Waals surface area contributed by atoms with Crippen LogP contribution < -0.4 is 10.6 Å². The summed E-state index contributed by atoms with van der Waals surface area (Å²) in [4.78, 5) is 23.4. The van der Waals surface area contributed by atoms with E-state index in [4.69, 9.17) is 11.6 Å². The highest BCUT2D eigenvalue weighted by Crippen LogP contribution is 2.14. The predicted octanol–water partition coefficient (Wildman–Crippen LogP) is 2.32. The van der Waals surface area contributed by atoms with E-state index in [-0.39, 0.29) is 24.8 Å². The Morgan fingerprint density at radius 2 is 1.55 bits per heavy atom. The third kappa shape index (κ3) is 5.22. The summed E-state index contributed by atoms with van der Waals surface area (Å²) in [6.45, 7) is 0.295. The molecule has 5 heteroatoms. The molecule has 22 heavy (non-hydrogen) atoms. The molecule has 2 N–H and O–H groups in total. The number of nitrogens with one attached hydrogen (secondary N) is 2. The van der Waals surface area contributed by atoms with Crippen LogP contribution in [0.1, 0.15) is 11.1 Å². The molecular formula is C17H17ClN2O2. The lowest BCUT2D eigenvalue weighted by Gasteiger charge is -2.08. The monoisotopic (exact) mass is 316 g/mol. The van der Waals surface area contributed by atoms with Crippen LogP contribution in [-0.2, 0) is 22.6 Å². The predicted molar refractivity (Wildman–Crippen MR) is 86.5 cm³/mol. The first-order valence-corrected chi connectivity index (χ1v) is 7.33. The molecule has 0 saturated carbocycles. The van der Waals surface area contributed by atoms with Crippen LogP contribution in [-0.4, -0.2) is 18.4 Å². The second-order valence-corrected chi connectivity index (χ2v) is 5.21. The van der Waals surface area contributed by atoms with Gasteiger partial charge in [0.1, 0.15) is 0 Å². The SMILES string of the molecule is O=C(CNC(=O)Cc1ccccc1)NCc1ccccc1Cl. The fraction of sp³-hybridized carbons (Fsp3) is 0.176. The highest BCUT2D eigenvalue weighted by Gasteiger charge is 2.07. The highest BCUT2D eigenvalue weighted by molar-refractivity contribution is 6.31. The number of carbonyl (C=O) groups is 2. The van der Waals surface area contributed by atoms with Gasteiger partial charge < -0.3 is 10.6 Å². The smallest absolute Gasteiger partial charge is 0.239 e. The summed E-state index contributed by atoms with van der Waals surface area (Å²) in [5.74, 6) is -0.430. The topological polar surface area (TPSA) is 58.2 Å². The van der Waals surface area contributed by atoms with E-state index in [1.165, 1.54) is 0 Å². The molecular weight excluding hydrogens is 300 g/mol. The molecule has 0 aliphatic heterocycles. The van der Waals surface area contributed by atoms with Crippen LogP contribution in [0.4, 0.5) is 0 Å². The Labute approximate surface area is 134 Å². The lowest BCUT2D eigenvalue weighted by Crippen LogP contribution is -2.37. The van der Waals surface area contributed by atoms with Crippen LogP contribution in [0.5, 0.6) is 0 Å². The van der Waals surface area contributed by atoms with Crippen LogP contribution in [0.2, 0.25) is 5.02 Å². The van der Waals surface area contributed by atoms with Crippen molar-refractivity contribution < 1.29 is 9.59 Å². The van der Waals surface area contributed by atoms with Gasteiger partial charge in [0.15, 0.2) is 0 Å². The van der Waals surface area contributed by atoms with E-state index in [2.05, 4.69) is 10.6 Å². The molecule has 0 saturated heterocycles. The summed E-state index contributed by atoms with van der Waals surface area (Å²) in [5.41, 5.74) is 1.75. The van der Waals surface area contributed by atoms with E-state index < -0.39 is 0 Å². The molecule has 2 aromatic carbocycles. The van der Waals surface area contributed by atoms with Crippen molar-refractivity contribution in [2.75, 3.05) is 6.54 Å². The zero-order valence-corrected chi connectivity index (χ0v) is 12.8. The quantitative estimate of drug-likeness (QED) is 0.859. The first-order chi connectivity index (χ1) is 10.6. The summed E-state index contributed by atoms with van der Waals surface area (Å²) in [6.07, 6.45) is 0.263. The molecule has 0 aliphatic rings. The number of benzene rings is 2. The average Bonchev–Trinajstić information content (AvgIpc) is 2.53. The molecule has 0 bridgehead atoms. The minimum Gasteiger partial charge on any atom is -0.350 e. The Balaban J connectivity index is 1.71. The number of amides is 2. The van der Waals surface area contributed by atoms with Gasteiger partial charge in [0.05, 0.1) is 13.0 Å². The second kappa shape index (κ2) is 8.20. The fourth-order valence-corrected chi connectivity index (χ4v) is 2.12. The largest absolute Gasteiger partial charge is 0.350 e. The number of rotatable bonds is 6. The Hall–Kier alpha value is -2.33. The van der Waals surface area contributed by atoms with Gasteiger partial charge in [-0.15, -0.1) is 0 Å². The number of hydrogen-bond acceptors (Lipinski definition) is 2. The molecule has 4 nitrogen and oxygen atoms in total. The zero-order chi connectivity index (χ0) is 15.8. The minimum atomic E-state index is -0.249. The van der Waals surface area contributed by atoms with Gasteiger partial charge in [-0.2, -0.15) is 0 Å². The molecule has 0 atom stereocenters. The highest BCUT2D eigenvalue weighted by atomic mass is 35.5. The Kier molecular flexibility index (Phi) is 5.98. The minimum absolute atomic E-state index is 0.0455. The normalized spacial score (nSPS) is 10.0. The van der Waals surface area contributed by atoms with Crippen molar-refractivity contribution >= 4 is 23.4 Å². The van der Waals surface area contributed by atoms with Crippen molar-refractivity contribution in [2.45, 2.75) is 13.0 Å². The molecule has 0 aromatic heterocycles. The van der Waals surface area contributed by atoms with Crippen molar-refractivity contribution in [3.63, 3.8) is 0 Å². The Bertz CT molecular complexity index is 644. The number of carbonyl (C=O) groups excluding carboxylic acids is 2. The van der Waals surface area contributed by atoms with E-state index in [0.717, 1.165) is 11.1 Å².